The number of hydrogen-bond acceptors (Lipinski definition) is 7. The van der Waals surface area contributed by atoms with Crippen LogP contribution in [0.3, 0.4) is 0 Å². The van der Waals surface area contributed by atoms with Gasteiger partial charge < -0.3 is 15.7 Å². The Morgan fingerprint density at radius 1 is 1.34 bits per heavy atom. The number of nitrogens with one attached hydrogen (secondary N) is 2. The molecule has 2 aromatic heterocycles. The van der Waals surface area contributed by atoms with Gasteiger partial charge in [0.15, 0.2) is 5.65 Å². The van der Waals surface area contributed by atoms with E-state index in [1.54, 1.807) is 17.8 Å². The molecule has 3 aromatic rings. The maximum Gasteiger partial charge on any atom is 0.224 e. The fourth-order valence-corrected chi connectivity index (χ4v) is 3.76. The van der Waals surface area contributed by atoms with Gasteiger partial charge in [0.25, 0.3) is 0 Å². The molecular formula is C19H19ClFN7O. The fourth-order valence-electron chi connectivity index (χ4n) is 3.51. The van der Waals surface area contributed by atoms with Crippen LogP contribution in [-0.2, 0) is 7.05 Å². The Kier molecular flexibility index (Phi) is 5.22. The van der Waals surface area contributed by atoms with Crippen LogP contribution in [0.2, 0.25) is 5.02 Å². The average Bonchev–Trinajstić information content (AvgIpc) is 3.00. The summed E-state index contributed by atoms with van der Waals surface area (Å²) in [6.07, 6.45) is 4.68. The molecule has 0 unspecified atom stereocenters. The van der Waals surface area contributed by atoms with Crippen LogP contribution < -0.4 is 10.6 Å². The monoisotopic (exact) mass is 415 g/mol. The van der Waals surface area contributed by atoms with E-state index in [1.165, 1.54) is 6.07 Å². The second-order valence-electron chi connectivity index (χ2n) is 7.11. The van der Waals surface area contributed by atoms with Crippen molar-refractivity contribution in [3.8, 4) is 6.07 Å². The maximum atomic E-state index is 14.3. The number of benzene rings is 1. The maximum absolute atomic E-state index is 14.3. The number of hydrogen-bond donors (Lipinski definition) is 3. The molecular weight excluding hydrogens is 397 g/mol. The lowest BCUT2D eigenvalue weighted by atomic mass is 9.93. The zero-order chi connectivity index (χ0) is 20.5. The number of anilines is 3. The predicted octanol–water partition coefficient (Wildman–Crippen LogP) is 3.49. The van der Waals surface area contributed by atoms with E-state index in [-0.39, 0.29) is 28.4 Å². The van der Waals surface area contributed by atoms with Crippen LogP contribution >= 0.6 is 11.6 Å². The summed E-state index contributed by atoms with van der Waals surface area (Å²) in [5.74, 6) is 0.143. The highest BCUT2D eigenvalue weighted by molar-refractivity contribution is 6.33. The lowest BCUT2D eigenvalue weighted by Crippen LogP contribution is -2.30. The standard InChI is InChI=1S/C19H19ClFN7O/c1-28-17-15(9-23-18(27-17)24-11-3-2-4-12(29)7-11)25-19(28)26-16-13(20)5-10(8-22)6-14(16)21/h5-6,9,11-12,29H,2-4,7H2,1H3,(H,25,26)(H,23,24,27)/t11-,12+/m1/s1. The van der Waals surface area contributed by atoms with Crippen molar-refractivity contribution in [1.82, 2.24) is 19.5 Å². The van der Waals surface area contributed by atoms with Gasteiger partial charge in [-0.15, -0.1) is 0 Å². The Bertz CT molecular complexity index is 1090. The van der Waals surface area contributed by atoms with Crippen molar-refractivity contribution in [3.05, 3.63) is 34.7 Å². The third-order valence-electron chi connectivity index (χ3n) is 5.00. The lowest BCUT2D eigenvalue weighted by molar-refractivity contribution is 0.124. The molecule has 1 saturated carbocycles. The van der Waals surface area contributed by atoms with Crippen LogP contribution in [0.5, 0.6) is 0 Å². The van der Waals surface area contributed by atoms with Crippen molar-refractivity contribution >= 4 is 40.3 Å². The van der Waals surface area contributed by atoms with Gasteiger partial charge in [0.05, 0.1) is 34.6 Å². The summed E-state index contributed by atoms with van der Waals surface area (Å²) >= 11 is 6.11. The first-order chi connectivity index (χ1) is 13.9. The molecule has 10 heteroatoms. The third-order valence-corrected chi connectivity index (χ3v) is 5.30. The highest BCUT2D eigenvalue weighted by atomic mass is 35.5. The minimum Gasteiger partial charge on any atom is -0.393 e. The van der Waals surface area contributed by atoms with E-state index >= 15 is 0 Å². The lowest BCUT2D eigenvalue weighted by Gasteiger charge is -2.26. The molecule has 150 valence electrons. The molecule has 4 rings (SSSR count). The molecule has 1 fully saturated rings. The number of aryl methyl sites for hydroxylation is 1. The minimum absolute atomic E-state index is 0.0339. The summed E-state index contributed by atoms with van der Waals surface area (Å²) in [5, 5.41) is 25.0. The van der Waals surface area contributed by atoms with Gasteiger partial charge in [-0.3, -0.25) is 4.57 Å². The normalized spacial score (nSPS) is 19.1. The number of halogens is 2. The Hall–Kier alpha value is -2.96. The van der Waals surface area contributed by atoms with Crippen molar-refractivity contribution < 1.29 is 9.50 Å². The van der Waals surface area contributed by atoms with E-state index in [9.17, 15) is 9.50 Å². The van der Waals surface area contributed by atoms with Gasteiger partial charge in [-0.1, -0.05) is 11.6 Å². The largest absolute Gasteiger partial charge is 0.393 e. The molecule has 8 nitrogen and oxygen atoms in total. The predicted molar refractivity (Wildman–Crippen MR) is 108 cm³/mol. The third kappa shape index (κ3) is 3.95. The first-order valence-electron chi connectivity index (χ1n) is 9.25. The van der Waals surface area contributed by atoms with Crippen molar-refractivity contribution in [3.63, 3.8) is 0 Å². The van der Waals surface area contributed by atoms with Gasteiger partial charge in [0.1, 0.15) is 11.3 Å². The van der Waals surface area contributed by atoms with Crippen LogP contribution in [0.15, 0.2) is 18.3 Å². The molecule has 2 heterocycles. The summed E-state index contributed by atoms with van der Waals surface area (Å²) in [5.41, 5.74) is 1.27. The Morgan fingerprint density at radius 3 is 2.90 bits per heavy atom. The highest BCUT2D eigenvalue weighted by Gasteiger charge is 2.21. The number of nitrogens with zero attached hydrogens (tertiary/aromatic N) is 5. The van der Waals surface area contributed by atoms with Crippen molar-refractivity contribution in [2.75, 3.05) is 10.6 Å². The van der Waals surface area contributed by atoms with Crippen LogP contribution in [0.1, 0.15) is 31.2 Å². The molecule has 0 bridgehead atoms. The van der Waals surface area contributed by atoms with Crippen molar-refractivity contribution in [1.29, 1.82) is 5.26 Å². The van der Waals surface area contributed by atoms with Crippen molar-refractivity contribution in [2.24, 2.45) is 7.05 Å². The molecule has 0 radical (unpaired) electrons. The second kappa shape index (κ2) is 7.81. The molecule has 29 heavy (non-hydrogen) atoms. The van der Waals surface area contributed by atoms with E-state index in [0.29, 0.717) is 29.5 Å². The van der Waals surface area contributed by atoms with Crippen LogP contribution in [0, 0.1) is 17.1 Å². The number of aliphatic hydroxyl groups excluding tert-OH is 1. The smallest absolute Gasteiger partial charge is 0.224 e. The Balaban J connectivity index is 1.61. The van der Waals surface area contributed by atoms with E-state index in [0.717, 1.165) is 25.3 Å². The van der Waals surface area contributed by atoms with Gasteiger partial charge in [-0.05, 0) is 37.8 Å². The highest BCUT2D eigenvalue weighted by Crippen LogP contribution is 2.30. The van der Waals surface area contributed by atoms with Gasteiger partial charge in [-0.2, -0.15) is 10.2 Å². The van der Waals surface area contributed by atoms with E-state index < -0.39 is 5.82 Å². The van der Waals surface area contributed by atoms with Crippen molar-refractivity contribution in [2.45, 2.75) is 37.8 Å². The molecule has 3 N–H and O–H groups in total. The summed E-state index contributed by atoms with van der Waals surface area (Å²) in [4.78, 5) is 13.2. The van der Waals surface area contributed by atoms with E-state index in [4.69, 9.17) is 16.9 Å². The van der Waals surface area contributed by atoms with Crippen LogP contribution in [-0.4, -0.2) is 36.8 Å². The van der Waals surface area contributed by atoms with Crippen LogP contribution in [0.25, 0.3) is 11.2 Å². The number of imidazole rings is 1. The zero-order valence-corrected chi connectivity index (χ0v) is 16.4. The number of nitriles is 1. The summed E-state index contributed by atoms with van der Waals surface area (Å²) in [7, 11) is 1.74. The minimum atomic E-state index is -0.648. The number of aliphatic hydroxyl groups is 1. The molecule has 1 aliphatic rings. The topological polar surface area (TPSA) is 112 Å². The van der Waals surface area contributed by atoms with E-state index in [1.807, 2.05) is 6.07 Å². The summed E-state index contributed by atoms with van der Waals surface area (Å²) < 4.78 is 16.0. The van der Waals surface area contributed by atoms with Gasteiger partial charge in [0.2, 0.25) is 11.9 Å². The van der Waals surface area contributed by atoms with E-state index in [2.05, 4.69) is 25.6 Å². The molecule has 1 aliphatic carbocycles. The number of rotatable bonds is 4. The fraction of sp³-hybridized carbons (Fsp3) is 0.368. The average molecular weight is 416 g/mol. The quantitative estimate of drug-likeness (QED) is 0.598. The molecule has 0 aliphatic heterocycles. The summed E-state index contributed by atoms with van der Waals surface area (Å²) in [6.45, 7) is 0. The first-order valence-corrected chi connectivity index (χ1v) is 9.62. The molecule has 1 aromatic carbocycles. The zero-order valence-electron chi connectivity index (χ0n) is 15.7. The number of aromatic nitrogens is 4. The number of fused-ring (bicyclic) bond motifs is 1. The molecule has 0 saturated heterocycles. The first kappa shape index (κ1) is 19.4. The Morgan fingerprint density at radius 2 is 2.17 bits per heavy atom. The summed E-state index contributed by atoms with van der Waals surface area (Å²) in [6, 6.07) is 4.47. The van der Waals surface area contributed by atoms with Crippen LogP contribution in [0.4, 0.5) is 22.0 Å². The Labute approximate surface area is 171 Å². The van der Waals surface area contributed by atoms with Gasteiger partial charge in [-0.25, -0.2) is 14.4 Å². The van der Waals surface area contributed by atoms with Gasteiger partial charge in [0, 0.05) is 13.1 Å². The van der Waals surface area contributed by atoms with Gasteiger partial charge >= 0.3 is 0 Å². The SMILES string of the molecule is Cn1c(Nc2c(F)cc(C#N)cc2Cl)nc2cnc(N[C@@H]3CCC[C@H](O)C3)nc21. The second-order valence-corrected chi connectivity index (χ2v) is 7.52. The molecule has 0 spiro atoms. The molecule has 0 amide bonds. The molecule has 2 atom stereocenters.